The van der Waals surface area contributed by atoms with Crippen LogP contribution in [0.5, 0.6) is 17.2 Å². The van der Waals surface area contributed by atoms with E-state index in [9.17, 15) is 9.59 Å². The number of methoxy groups -OCH3 is 1. The average Bonchev–Trinajstić information content (AvgIpc) is 3.27. The number of ether oxygens (including phenoxy) is 3. The summed E-state index contributed by atoms with van der Waals surface area (Å²) < 4.78 is 18.8. The zero-order valence-electron chi connectivity index (χ0n) is 35.0. The van der Waals surface area contributed by atoms with E-state index in [0.29, 0.717) is 47.0 Å². The molecular formula is C49H62N2O5. The maximum atomic E-state index is 13.8. The molecule has 3 aromatic carbocycles. The highest BCUT2D eigenvalue weighted by Crippen LogP contribution is 2.40. The van der Waals surface area contributed by atoms with Gasteiger partial charge in [0.05, 0.1) is 18.5 Å². The minimum Gasteiger partial charge on any atom is -0.493 e. The Morgan fingerprint density at radius 3 is 2.05 bits per heavy atom. The van der Waals surface area contributed by atoms with E-state index in [2.05, 4.69) is 72.9 Å². The van der Waals surface area contributed by atoms with Crippen molar-refractivity contribution < 1.29 is 23.8 Å². The average molecular weight is 759 g/mol. The molecule has 7 heteroatoms. The van der Waals surface area contributed by atoms with Gasteiger partial charge in [0.2, 0.25) is 0 Å². The molecule has 0 aliphatic carbocycles. The Bertz CT molecular complexity index is 1990. The molecule has 0 radical (unpaired) electrons. The quantitative estimate of drug-likeness (QED) is 0.144. The van der Waals surface area contributed by atoms with Crippen LogP contribution in [0.2, 0.25) is 0 Å². The van der Waals surface area contributed by atoms with Crippen molar-refractivity contribution in [1.29, 1.82) is 0 Å². The normalized spacial score (nSPS) is 19.6. The van der Waals surface area contributed by atoms with Crippen molar-refractivity contribution in [2.45, 2.75) is 119 Å². The zero-order chi connectivity index (χ0) is 40.5. The molecule has 2 heterocycles. The molecule has 2 aliphatic heterocycles. The van der Waals surface area contributed by atoms with Crippen LogP contribution >= 0.6 is 0 Å². The SMILES string of the molecule is C=C(CC)CC1C=Nc2cc(OCc3cc(COc4cc5c(cc4OC)C(=O)C(C)C(C)C(CC(=C)CC)C=N5)cc(C(C)C)c3)c(CC)cc2C(=O)CCC1. The lowest BCUT2D eigenvalue weighted by Gasteiger charge is -2.28. The van der Waals surface area contributed by atoms with Gasteiger partial charge in [-0.2, -0.15) is 0 Å². The van der Waals surface area contributed by atoms with E-state index in [0.717, 1.165) is 73.0 Å². The van der Waals surface area contributed by atoms with E-state index in [1.165, 1.54) is 11.1 Å². The lowest BCUT2D eigenvalue weighted by molar-refractivity contribution is 0.0877. The van der Waals surface area contributed by atoms with Crippen LogP contribution in [-0.4, -0.2) is 31.1 Å². The summed E-state index contributed by atoms with van der Waals surface area (Å²) >= 11 is 0. The summed E-state index contributed by atoms with van der Waals surface area (Å²) in [5.74, 6) is 2.56. The second kappa shape index (κ2) is 19.4. The van der Waals surface area contributed by atoms with Gasteiger partial charge in [0, 0.05) is 53.9 Å². The highest BCUT2D eigenvalue weighted by molar-refractivity contribution is 6.04. The maximum Gasteiger partial charge on any atom is 0.168 e. The Kier molecular flexibility index (Phi) is 14.7. The van der Waals surface area contributed by atoms with Gasteiger partial charge in [-0.05, 0) is 103 Å². The lowest BCUT2D eigenvalue weighted by atomic mass is 9.77. The molecular weight excluding hydrogens is 697 g/mol. The maximum absolute atomic E-state index is 13.8. The first kappa shape index (κ1) is 42.4. The van der Waals surface area contributed by atoms with Crippen LogP contribution in [0.3, 0.4) is 0 Å². The number of nitrogens with zero attached hydrogens (tertiary/aromatic N) is 2. The number of aryl methyl sites for hydroxylation is 1. The van der Waals surface area contributed by atoms with Gasteiger partial charge in [-0.1, -0.05) is 84.9 Å². The van der Waals surface area contributed by atoms with Gasteiger partial charge in [-0.25, -0.2) is 0 Å². The summed E-state index contributed by atoms with van der Waals surface area (Å²) in [6.45, 7) is 23.9. The molecule has 0 saturated heterocycles. The molecule has 3 aromatic rings. The number of fused-ring (bicyclic) bond motifs is 2. The van der Waals surface area contributed by atoms with Gasteiger partial charge >= 0.3 is 0 Å². The van der Waals surface area contributed by atoms with Crippen LogP contribution < -0.4 is 14.2 Å². The minimum absolute atomic E-state index is 0.0585. The second-order valence-corrected chi connectivity index (χ2v) is 16.1. The second-order valence-electron chi connectivity index (χ2n) is 16.1. The number of rotatable bonds is 15. The Hall–Kier alpha value is -4.78. The molecule has 0 N–H and O–H groups in total. The first-order valence-electron chi connectivity index (χ1n) is 20.6. The van der Waals surface area contributed by atoms with Crippen molar-refractivity contribution in [3.05, 3.63) is 100 Å². The van der Waals surface area contributed by atoms with E-state index in [1.54, 1.807) is 13.2 Å². The molecule has 56 heavy (non-hydrogen) atoms. The summed E-state index contributed by atoms with van der Waals surface area (Å²) in [6.07, 6.45) is 10.6. The third-order valence-electron chi connectivity index (χ3n) is 11.7. The summed E-state index contributed by atoms with van der Waals surface area (Å²) in [5.41, 5.74) is 9.01. The third-order valence-corrected chi connectivity index (χ3v) is 11.7. The number of aliphatic imine (C=N–C) groups is 2. The number of benzene rings is 3. The number of ketones is 2. The number of allylic oxidation sites excluding steroid dienone is 2. The minimum atomic E-state index is -0.182. The van der Waals surface area contributed by atoms with Crippen molar-refractivity contribution in [1.82, 2.24) is 0 Å². The summed E-state index contributed by atoms with van der Waals surface area (Å²) in [5, 5.41) is 0. The number of carbonyl (C=O) groups is 2. The van der Waals surface area contributed by atoms with Gasteiger partial charge in [-0.3, -0.25) is 19.6 Å². The van der Waals surface area contributed by atoms with Gasteiger partial charge in [0.25, 0.3) is 0 Å². The monoisotopic (exact) mass is 758 g/mol. The molecule has 4 atom stereocenters. The van der Waals surface area contributed by atoms with E-state index in [4.69, 9.17) is 24.2 Å². The molecule has 0 amide bonds. The Morgan fingerprint density at radius 1 is 0.786 bits per heavy atom. The van der Waals surface area contributed by atoms with Gasteiger partial charge in [0.15, 0.2) is 23.1 Å². The standard InChI is InChI=1S/C49H62N2O5/c1-11-31(6)17-35-15-14-16-45(52)41-22-38(13-3)46(24-43(41)50-26-35)55-28-36-19-37(21-39(20-36)30(4)5)29-56-48-25-44-42(23-47(48)54-10)49(53)34(9)33(8)40(27-51-44)18-32(7)12-2/h19-27,30,33-35,40H,6-7,11-18,28-29H2,1-5,8-10H3. The number of carbonyl (C=O) groups excluding carboxylic acids is 2. The van der Waals surface area contributed by atoms with Gasteiger partial charge in [0.1, 0.15) is 19.0 Å². The Balaban J connectivity index is 1.40. The lowest BCUT2D eigenvalue weighted by Crippen LogP contribution is -2.28. The molecule has 0 fully saturated rings. The van der Waals surface area contributed by atoms with Crippen molar-refractivity contribution >= 4 is 35.4 Å². The molecule has 4 unspecified atom stereocenters. The van der Waals surface area contributed by atoms with Crippen LogP contribution in [0.4, 0.5) is 11.4 Å². The highest BCUT2D eigenvalue weighted by atomic mass is 16.5. The van der Waals surface area contributed by atoms with Crippen LogP contribution in [0.15, 0.2) is 76.8 Å². The van der Waals surface area contributed by atoms with Gasteiger partial charge in [-0.15, -0.1) is 0 Å². The third kappa shape index (κ3) is 10.3. The van der Waals surface area contributed by atoms with E-state index in [-0.39, 0.29) is 47.8 Å². The fraction of sp³-hybridized carbons (Fsp3) is 0.469. The van der Waals surface area contributed by atoms with E-state index in [1.807, 2.05) is 37.6 Å². The molecule has 7 nitrogen and oxygen atoms in total. The first-order chi connectivity index (χ1) is 26.8. The molecule has 0 saturated carbocycles. The topological polar surface area (TPSA) is 86.5 Å². The predicted molar refractivity (Wildman–Crippen MR) is 230 cm³/mol. The number of hydrogen-bond donors (Lipinski definition) is 0. The smallest absolute Gasteiger partial charge is 0.168 e. The highest BCUT2D eigenvalue weighted by Gasteiger charge is 2.32. The Morgan fingerprint density at radius 2 is 1.41 bits per heavy atom. The van der Waals surface area contributed by atoms with Crippen molar-refractivity contribution in [2.75, 3.05) is 7.11 Å². The van der Waals surface area contributed by atoms with Crippen LogP contribution in [0, 0.1) is 23.7 Å². The summed E-state index contributed by atoms with van der Waals surface area (Å²) in [6, 6.07) is 14.0. The predicted octanol–water partition coefficient (Wildman–Crippen LogP) is 12.7. The van der Waals surface area contributed by atoms with E-state index < -0.39 is 0 Å². The molecule has 2 aliphatic rings. The van der Waals surface area contributed by atoms with Gasteiger partial charge < -0.3 is 14.2 Å². The Labute approximate surface area is 335 Å². The largest absolute Gasteiger partial charge is 0.493 e. The molecule has 0 bridgehead atoms. The summed E-state index contributed by atoms with van der Waals surface area (Å²) in [4.78, 5) is 36.8. The molecule has 0 spiro atoms. The number of Topliss-reactive ketones (excluding diaryl/α,β-unsaturated/α-hetero) is 2. The van der Waals surface area contributed by atoms with Crippen LogP contribution in [0.1, 0.15) is 142 Å². The van der Waals surface area contributed by atoms with Crippen molar-refractivity contribution in [3.63, 3.8) is 0 Å². The fourth-order valence-electron chi connectivity index (χ4n) is 7.57. The molecule has 5 rings (SSSR count). The fourth-order valence-corrected chi connectivity index (χ4v) is 7.57. The molecule has 0 aromatic heterocycles. The van der Waals surface area contributed by atoms with Crippen molar-refractivity contribution in [2.24, 2.45) is 33.7 Å². The van der Waals surface area contributed by atoms with Crippen LogP contribution in [-0.2, 0) is 19.6 Å². The number of hydrogen-bond acceptors (Lipinski definition) is 7. The zero-order valence-corrected chi connectivity index (χ0v) is 35.0. The van der Waals surface area contributed by atoms with E-state index >= 15 is 0 Å². The van der Waals surface area contributed by atoms with Crippen LogP contribution in [0.25, 0.3) is 0 Å². The summed E-state index contributed by atoms with van der Waals surface area (Å²) in [7, 11) is 1.59. The molecule has 298 valence electrons. The first-order valence-corrected chi connectivity index (χ1v) is 20.6. The van der Waals surface area contributed by atoms with Crippen molar-refractivity contribution in [3.8, 4) is 17.2 Å².